The fraction of sp³-hybridized carbons (Fsp3) is 0.391. The number of hydrogen-bond acceptors (Lipinski definition) is 5. The van der Waals surface area contributed by atoms with Gasteiger partial charge in [-0.2, -0.15) is 0 Å². The lowest BCUT2D eigenvalue weighted by Gasteiger charge is -2.29. The Hall–Kier alpha value is -2.28. The number of nitrogens with zero attached hydrogens (tertiary/aromatic N) is 3. The van der Waals surface area contributed by atoms with Gasteiger partial charge in [-0.05, 0) is 44.0 Å². The number of ether oxygens (including phenoxy) is 1. The van der Waals surface area contributed by atoms with Crippen molar-refractivity contribution in [1.29, 1.82) is 0 Å². The third-order valence-corrected chi connectivity index (χ3v) is 6.50. The zero-order valence-electron chi connectivity index (χ0n) is 17.3. The highest BCUT2D eigenvalue weighted by molar-refractivity contribution is 7.22. The lowest BCUT2D eigenvalue weighted by molar-refractivity contribution is 0.0391. The molecule has 6 heteroatoms. The van der Waals surface area contributed by atoms with Gasteiger partial charge in [0.25, 0.3) is 5.91 Å². The summed E-state index contributed by atoms with van der Waals surface area (Å²) in [5, 5.41) is 0.772. The summed E-state index contributed by atoms with van der Waals surface area (Å²) in [4.78, 5) is 22.7. The molecule has 0 atom stereocenters. The molecule has 0 N–H and O–H groups in total. The largest absolute Gasteiger partial charge is 0.379 e. The van der Waals surface area contributed by atoms with Crippen LogP contribution in [0.25, 0.3) is 10.2 Å². The van der Waals surface area contributed by atoms with E-state index in [9.17, 15) is 4.79 Å². The average molecular weight is 410 g/mol. The zero-order valence-corrected chi connectivity index (χ0v) is 18.1. The van der Waals surface area contributed by atoms with Crippen LogP contribution in [0.5, 0.6) is 0 Å². The number of benzene rings is 2. The number of rotatable bonds is 5. The standard InChI is InChI=1S/C23H27N3O2S/c1-16-7-8-17(2)19(15-16)22(27)26(10-9-25-11-13-28-14-12-25)23-24-21-18(3)5-4-6-20(21)29-23/h4-8,15H,9-14H2,1-3H3. The summed E-state index contributed by atoms with van der Waals surface area (Å²) in [6.07, 6.45) is 0. The van der Waals surface area contributed by atoms with Crippen LogP contribution in [-0.4, -0.2) is 55.2 Å². The molecule has 1 aliphatic rings. The summed E-state index contributed by atoms with van der Waals surface area (Å²) in [5.74, 6) is 0.0242. The SMILES string of the molecule is Cc1ccc(C)c(C(=O)N(CCN2CCOCC2)c2nc3c(C)cccc3s2)c1. The molecule has 0 unspecified atom stereocenters. The molecular formula is C23H27N3O2S. The van der Waals surface area contributed by atoms with E-state index in [1.807, 2.05) is 43.0 Å². The van der Waals surface area contributed by atoms with Gasteiger partial charge in [0.05, 0.1) is 23.4 Å². The Balaban J connectivity index is 1.68. The smallest absolute Gasteiger partial charge is 0.260 e. The Kier molecular flexibility index (Phi) is 5.94. The number of para-hydroxylation sites is 1. The number of amides is 1. The lowest BCUT2D eigenvalue weighted by atomic mass is 10.0. The second kappa shape index (κ2) is 8.61. The molecule has 1 aromatic heterocycles. The number of fused-ring (bicyclic) bond motifs is 1. The Labute approximate surface area is 175 Å². The van der Waals surface area contributed by atoms with Gasteiger partial charge >= 0.3 is 0 Å². The van der Waals surface area contributed by atoms with Crippen molar-refractivity contribution in [1.82, 2.24) is 9.88 Å². The Bertz CT molecular complexity index is 1020. The molecule has 1 saturated heterocycles. The van der Waals surface area contributed by atoms with Crippen molar-refractivity contribution in [3.63, 3.8) is 0 Å². The minimum Gasteiger partial charge on any atom is -0.379 e. The number of thiazole rings is 1. The Morgan fingerprint density at radius 1 is 1.14 bits per heavy atom. The molecule has 3 aromatic rings. The van der Waals surface area contributed by atoms with Gasteiger partial charge in [-0.25, -0.2) is 4.98 Å². The molecule has 1 fully saturated rings. The molecule has 152 valence electrons. The molecule has 1 aliphatic heterocycles. The van der Waals surface area contributed by atoms with Crippen molar-refractivity contribution >= 4 is 32.6 Å². The van der Waals surface area contributed by atoms with Gasteiger partial charge in [-0.1, -0.05) is 41.2 Å². The van der Waals surface area contributed by atoms with Crippen molar-refractivity contribution < 1.29 is 9.53 Å². The van der Waals surface area contributed by atoms with Crippen LogP contribution in [0.4, 0.5) is 5.13 Å². The maximum atomic E-state index is 13.6. The molecule has 2 heterocycles. The first kappa shape index (κ1) is 20.0. The number of morpholine rings is 1. The number of anilines is 1. The normalized spacial score (nSPS) is 15.0. The third kappa shape index (κ3) is 4.34. The Morgan fingerprint density at radius 2 is 1.93 bits per heavy atom. The summed E-state index contributed by atoms with van der Waals surface area (Å²) in [6, 6.07) is 12.2. The molecule has 4 rings (SSSR count). The zero-order chi connectivity index (χ0) is 20.4. The van der Waals surface area contributed by atoms with Crippen LogP contribution < -0.4 is 4.90 Å². The van der Waals surface area contributed by atoms with E-state index in [0.717, 1.165) is 70.5 Å². The highest BCUT2D eigenvalue weighted by Gasteiger charge is 2.24. The van der Waals surface area contributed by atoms with Crippen LogP contribution in [-0.2, 0) is 4.74 Å². The fourth-order valence-corrected chi connectivity index (χ4v) is 4.72. The topological polar surface area (TPSA) is 45.7 Å². The van der Waals surface area contributed by atoms with Gasteiger partial charge in [0.2, 0.25) is 0 Å². The monoisotopic (exact) mass is 409 g/mol. The van der Waals surface area contributed by atoms with E-state index in [1.54, 1.807) is 11.3 Å². The fourth-order valence-electron chi connectivity index (χ4n) is 3.65. The number of carbonyl (C=O) groups excluding carboxylic acids is 1. The van der Waals surface area contributed by atoms with E-state index in [-0.39, 0.29) is 5.91 Å². The third-order valence-electron chi connectivity index (χ3n) is 5.45. The van der Waals surface area contributed by atoms with Crippen LogP contribution in [0.1, 0.15) is 27.0 Å². The highest BCUT2D eigenvalue weighted by atomic mass is 32.1. The summed E-state index contributed by atoms with van der Waals surface area (Å²) in [7, 11) is 0. The molecule has 2 aromatic carbocycles. The number of aromatic nitrogens is 1. The van der Waals surface area contributed by atoms with Crippen molar-refractivity contribution in [3.05, 3.63) is 58.7 Å². The maximum Gasteiger partial charge on any atom is 0.260 e. The Morgan fingerprint density at radius 3 is 2.69 bits per heavy atom. The quantitative estimate of drug-likeness (QED) is 0.634. The first-order chi connectivity index (χ1) is 14.0. The van der Waals surface area contributed by atoms with Crippen molar-refractivity contribution in [2.75, 3.05) is 44.3 Å². The van der Waals surface area contributed by atoms with E-state index in [2.05, 4.69) is 24.0 Å². The molecule has 0 radical (unpaired) electrons. The van der Waals surface area contributed by atoms with Gasteiger partial charge in [0.15, 0.2) is 5.13 Å². The number of carbonyl (C=O) groups is 1. The summed E-state index contributed by atoms with van der Waals surface area (Å²) >= 11 is 1.59. The molecule has 5 nitrogen and oxygen atoms in total. The summed E-state index contributed by atoms with van der Waals surface area (Å²) < 4.78 is 6.57. The summed E-state index contributed by atoms with van der Waals surface area (Å²) in [5.41, 5.74) is 4.96. The minimum atomic E-state index is 0.0242. The van der Waals surface area contributed by atoms with Crippen LogP contribution in [0.15, 0.2) is 36.4 Å². The van der Waals surface area contributed by atoms with Gasteiger partial charge in [-0.3, -0.25) is 14.6 Å². The first-order valence-electron chi connectivity index (χ1n) is 10.1. The van der Waals surface area contributed by atoms with E-state index in [4.69, 9.17) is 9.72 Å². The molecule has 0 aliphatic carbocycles. The minimum absolute atomic E-state index is 0.0242. The van der Waals surface area contributed by atoms with E-state index in [0.29, 0.717) is 6.54 Å². The molecule has 29 heavy (non-hydrogen) atoms. The molecule has 1 amide bonds. The van der Waals surface area contributed by atoms with Crippen molar-refractivity contribution in [2.45, 2.75) is 20.8 Å². The van der Waals surface area contributed by atoms with Gasteiger partial charge < -0.3 is 4.74 Å². The van der Waals surface area contributed by atoms with E-state index < -0.39 is 0 Å². The van der Waals surface area contributed by atoms with Crippen molar-refractivity contribution in [2.24, 2.45) is 0 Å². The summed E-state index contributed by atoms with van der Waals surface area (Å²) in [6.45, 7) is 10.8. The predicted molar refractivity (Wildman–Crippen MR) is 119 cm³/mol. The average Bonchev–Trinajstić information content (AvgIpc) is 3.16. The van der Waals surface area contributed by atoms with Gasteiger partial charge in [-0.15, -0.1) is 0 Å². The van der Waals surface area contributed by atoms with Gasteiger partial charge in [0, 0.05) is 31.7 Å². The molecular weight excluding hydrogens is 382 g/mol. The molecule has 0 bridgehead atoms. The van der Waals surface area contributed by atoms with Gasteiger partial charge in [0.1, 0.15) is 0 Å². The first-order valence-corrected chi connectivity index (χ1v) is 10.9. The van der Waals surface area contributed by atoms with Crippen LogP contribution in [0, 0.1) is 20.8 Å². The predicted octanol–water partition coefficient (Wildman–Crippen LogP) is 4.20. The van der Waals surface area contributed by atoms with Crippen LogP contribution in [0.2, 0.25) is 0 Å². The lowest BCUT2D eigenvalue weighted by Crippen LogP contribution is -2.43. The number of aryl methyl sites for hydroxylation is 3. The van der Waals surface area contributed by atoms with E-state index >= 15 is 0 Å². The second-order valence-electron chi connectivity index (χ2n) is 7.65. The molecule has 0 saturated carbocycles. The van der Waals surface area contributed by atoms with Crippen LogP contribution in [0.3, 0.4) is 0 Å². The van der Waals surface area contributed by atoms with Crippen molar-refractivity contribution in [3.8, 4) is 0 Å². The molecule has 0 spiro atoms. The maximum absolute atomic E-state index is 13.6. The highest BCUT2D eigenvalue weighted by Crippen LogP contribution is 2.31. The van der Waals surface area contributed by atoms with Crippen LogP contribution >= 0.6 is 11.3 Å². The number of hydrogen-bond donors (Lipinski definition) is 0. The van der Waals surface area contributed by atoms with E-state index in [1.165, 1.54) is 0 Å². The second-order valence-corrected chi connectivity index (χ2v) is 8.66.